The summed E-state index contributed by atoms with van der Waals surface area (Å²) in [6, 6.07) is 29.8. The third kappa shape index (κ3) is 7.59. The van der Waals surface area contributed by atoms with Crippen LogP contribution in [-0.4, -0.2) is 15.9 Å². The van der Waals surface area contributed by atoms with Gasteiger partial charge in [0.2, 0.25) is 0 Å². The zero-order chi connectivity index (χ0) is 33.9. The van der Waals surface area contributed by atoms with Gasteiger partial charge in [0.25, 0.3) is 0 Å². The number of aromatic nitrogens is 1. The number of ketones is 1. The molecule has 0 aliphatic carbocycles. The Balaban J connectivity index is 0.000000279. The minimum absolute atomic E-state index is 0. The van der Waals surface area contributed by atoms with Crippen LogP contribution in [0.5, 0.6) is 0 Å². The van der Waals surface area contributed by atoms with E-state index in [9.17, 15) is 9.90 Å². The second-order valence-electron chi connectivity index (χ2n) is 13.6. The SMILES string of the molecule is CCC(CC)C(=O)/C=C(\O)C(CC)CC.Cc1cccc2c1sc1c(-c3[c-]c4ccccc4c(C(C)(C)C)c3)nc3ccccc3c12.[Ir]. The number of aliphatic hydroxyl groups excluding tert-OH is 1. The van der Waals surface area contributed by atoms with Gasteiger partial charge in [0.05, 0.1) is 11.3 Å². The summed E-state index contributed by atoms with van der Waals surface area (Å²) in [4.78, 5) is 16.9. The minimum Gasteiger partial charge on any atom is -0.512 e. The molecule has 0 saturated carbocycles. The average Bonchev–Trinajstić information content (AvgIpc) is 3.46. The molecule has 0 aliphatic rings. The molecule has 4 aromatic carbocycles. The molecule has 2 aromatic heterocycles. The van der Waals surface area contributed by atoms with Crippen molar-refractivity contribution in [1.82, 2.24) is 4.98 Å². The Kier molecular flexibility index (Phi) is 12.4. The van der Waals surface area contributed by atoms with E-state index in [1.807, 2.05) is 39.0 Å². The zero-order valence-corrected chi connectivity index (χ0v) is 32.7. The number of pyridine rings is 1. The van der Waals surface area contributed by atoms with Gasteiger partial charge in [0.1, 0.15) is 0 Å². The summed E-state index contributed by atoms with van der Waals surface area (Å²) >= 11 is 1.86. The van der Waals surface area contributed by atoms with Crippen molar-refractivity contribution < 1.29 is 30.0 Å². The maximum absolute atomic E-state index is 11.7. The van der Waals surface area contributed by atoms with Crippen LogP contribution in [0.25, 0.3) is 53.1 Å². The first kappa shape index (κ1) is 37.4. The smallest absolute Gasteiger partial charge is 0.162 e. The minimum atomic E-state index is 0. The van der Waals surface area contributed by atoms with Crippen molar-refractivity contribution in [3.8, 4) is 11.3 Å². The Morgan fingerprint density at radius 3 is 2.08 bits per heavy atom. The molecule has 2 heterocycles. The molecule has 0 aliphatic heterocycles. The van der Waals surface area contributed by atoms with Crippen LogP contribution >= 0.6 is 11.3 Å². The topological polar surface area (TPSA) is 50.2 Å². The molecule has 0 bridgehead atoms. The number of hydrogen-bond acceptors (Lipinski definition) is 4. The van der Waals surface area contributed by atoms with Gasteiger partial charge in [-0.1, -0.05) is 114 Å². The fraction of sp³-hybridized carbons (Fsp3) is 0.349. The molecular formula is C43H48IrNO2S-. The number of allylic oxidation sites excluding steroid dienone is 2. The van der Waals surface area contributed by atoms with E-state index in [-0.39, 0.29) is 48.9 Å². The zero-order valence-electron chi connectivity index (χ0n) is 29.5. The van der Waals surface area contributed by atoms with Crippen LogP contribution in [0, 0.1) is 24.8 Å². The van der Waals surface area contributed by atoms with Gasteiger partial charge in [-0.3, -0.25) is 9.78 Å². The summed E-state index contributed by atoms with van der Waals surface area (Å²) in [7, 11) is 0. The van der Waals surface area contributed by atoms with Gasteiger partial charge in [-0.2, -0.15) is 0 Å². The number of thiophene rings is 1. The Labute approximate surface area is 303 Å². The maximum Gasteiger partial charge on any atom is 0.162 e. The van der Waals surface area contributed by atoms with E-state index in [2.05, 4.69) is 107 Å². The molecule has 0 unspecified atom stereocenters. The van der Waals surface area contributed by atoms with Crippen LogP contribution in [0.3, 0.4) is 0 Å². The van der Waals surface area contributed by atoms with Crippen LogP contribution in [0.15, 0.2) is 84.6 Å². The normalized spacial score (nSPS) is 12.2. The van der Waals surface area contributed by atoms with Crippen molar-refractivity contribution in [3.05, 3.63) is 102 Å². The molecule has 1 N–H and O–H groups in total. The maximum atomic E-state index is 11.7. The summed E-state index contributed by atoms with van der Waals surface area (Å²) in [5, 5.41) is 16.0. The van der Waals surface area contributed by atoms with Gasteiger partial charge in [0.15, 0.2) is 5.78 Å². The number of para-hydroxylation sites is 1. The Bertz CT molecular complexity index is 2080. The molecule has 6 rings (SSSR count). The van der Waals surface area contributed by atoms with Crippen LogP contribution < -0.4 is 0 Å². The monoisotopic (exact) mass is 835 g/mol. The van der Waals surface area contributed by atoms with E-state index in [0.717, 1.165) is 47.8 Å². The first-order valence-electron chi connectivity index (χ1n) is 17.1. The molecule has 48 heavy (non-hydrogen) atoms. The summed E-state index contributed by atoms with van der Waals surface area (Å²) in [5.41, 5.74) is 5.83. The fourth-order valence-electron chi connectivity index (χ4n) is 6.59. The van der Waals surface area contributed by atoms with Gasteiger partial charge < -0.3 is 5.11 Å². The summed E-state index contributed by atoms with van der Waals surface area (Å²) in [5.74, 6) is 0.547. The molecule has 5 heteroatoms. The number of aliphatic hydroxyl groups is 1. The van der Waals surface area contributed by atoms with E-state index in [4.69, 9.17) is 4.98 Å². The number of nitrogens with zero attached hydrogens (tertiary/aromatic N) is 1. The quantitative estimate of drug-likeness (QED) is 0.0944. The number of benzene rings is 4. The first-order chi connectivity index (χ1) is 22.5. The molecule has 0 atom stereocenters. The number of hydrogen-bond donors (Lipinski definition) is 1. The van der Waals surface area contributed by atoms with Crippen LogP contribution in [0.4, 0.5) is 0 Å². The van der Waals surface area contributed by atoms with E-state index in [1.165, 1.54) is 48.1 Å². The van der Waals surface area contributed by atoms with Crippen molar-refractivity contribution in [2.75, 3.05) is 0 Å². The van der Waals surface area contributed by atoms with Crippen LogP contribution in [-0.2, 0) is 30.3 Å². The predicted octanol–water partition coefficient (Wildman–Crippen LogP) is 12.7. The summed E-state index contributed by atoms with van der Waals surface area (Å²) in [6.45, 7) is 17.1. The average molecular weight is 835 g/mol. The van der Waals surface area contributed by atoms with Gasteiger partial charge >= 0.3 is 0 Å². The molecule has 0 fully saturated rings. The number of aryl methyl sites for hydroxylation is 1. The standard InChI is InChI=1S/C30H24NS.C13H24O2.Ir/c1-18-10-9-14-23-26-22-13-7-8-15-25(22)31-27(29(26)32-28(18)23)20-16-19-11-5-6-12-21(19)24(17-20)30(2,3)4;1-5-10(6-2)12(14)9-13(15)11(7-3)8-4;/h5-15,17H,1-4H3;9-11,14H,5-8H2,1-4H3;/q-1;;/b;12-9-;. The van der Waals surface area contributed by atoms with E-state index >= 15 is 0 Å². The predicted molar refractivity (Wildman–Crippen MR) is 204 cm³/mol. The van der Waals surface area contributed by atoms with Crippen molar-refractivity contribution >= 4 is 59.0 Å². The molecule has 3 nitrogen and oxygen atoms in total. The molecule has 0 spiro atoms. The van der Waals surface area contributed by atoms with E-state index in [1.54, 1.807) is 0 Å². The van der Waals surface area contributed by atoms with Crippen molar-refractivity contribution in [2.24, 2.45) is 11.8 Å². The van der Waals surface area contributed by atoms with Gasteiger partial charge in [-0.15, -0.1) is 40.5 Å². The van der Waals surface area contributed by atoms with Crippen molar-refractivity contribution in [1.29, 1.82) is 0 Å². The molecular weight excluding hydrogens is 787 g/mol. The third-order valence-electron chi connectivity index (χ3n) is 9.45. The molecule has 0 amide bonds. The number of carbonyl (C=O) groups is 1. The van der Waals surface area contributed by atoms with Crippen LogP contribution in [0.1, 0.15) is 85.3 Å². The Hall–Kier alpha value is -3.37. The van der Waals surface area contributed by atoms with E-state index in [0.29, 0.717) is 0 Å². The number of fused-ring (bicyclic) bond motifs is 6. The molecule has 6 aromatic rings. The number of carbonyl (C=O) groups excluding carboxylic acids is 1. The largest absolute Gasteiger partial charge is 0.512 e. The van der Waals surface area contributed by atoms with E-state index < -0.39 is 0 Å². The van der Waals surface area contributed by atoms with Crippen molar-refractivity contribution in [3.63, 3.8) is 0 Å². The third-order valence-corrected chi connectivity index (χ3v) is 10.8. The summed E-state index contributed by atoms with van der Waals surface area (Å²) in [6.07, 6.45) is 4.91. The first-order valence-corrected chi connectivity index (χ1v) is 17.9. The molecule has 253 valence electrons. The Morgan fingerprint density at radius 2 is 1.44 bits per heavy atom. The molecule has 1 radical (unpaired) electrons. The van der Waals surface area contributed by atoms with Gasteiger partial charge in [-0.25, -0.2) is 0 Å². The second-order valence-corrected chi connectivity index (χ2v) is 14.6. The van der Waals surface area contributed by atoms with Gasteiger partial charge in [0, 0.05) is 69.3 Å². The van der Waals surface area contributed by atoms with Crippen LogP contribution in [0.2, 0.25) is 0 Å². The van der Waals surface area contributed by atoms with Gasteiger partial charge in [-0.05, 0) is 49.7 Å². The second kappa shape index (κ2) is 15.9. The number of rotatable bonds is 8. The summed E-state index contributed by atoms with van der Waals surface area (Å²) < 4.78 is 2.60. The fourth-order valence-corrected chi connectivity index (χ4v) is 7.88. The molecule has 0 saturated heterocycles. The Morgan fingerprint density at radius 1 is 0.833 bits per heavy atom. The van der Waals surface area contributed by atoms with Crippen molar-refractivity contribution in [2.45, 2.75) is 86.5 Å².